The van der Waals surface area contributed by atoms with Gasteiger partial charge in [0.05, 0.1) is 6.54 Å². The highest BCUT2D eigenvalue weighted by Crippen LogP contribution is 2.30. The van der Waals surface area contributed by atoms with Gasteiger partial charge in [-0.15, -0.1) is 22.7 Å². The Morgan fingerprint density at radius 1 is 1.04 bits per heavy atom. The van der Waals surface area contributed by atoms with Crippen molar-refractivity contribution in [2.24, 2.45) is 0 Å². The molecular weight excluding hydrogens is 375 g/mol. The molecule has 0 aliphatic rings. The Balaban J connectivity index is 1.53. The van der Waals surface area contributed by atoms with Crippen molar-refractivity contribution in [1.82, 2.24) is 5.32 Å². The molecule has 1 atom stereocenters. The summed E-state index contributed by atoms with van der Waals surface area (Å²) in [6, 6.07) is 12.5. The van der Waals surface area contributed by atoms with Gasteiger partial charge in [-0.05, 0) is 47.8 Å². The molecule has 26 heavy (non-hydrogen) atoms. The number of aliphatic hydroxyl groups is 1. The molecule has 0 aliphatic heterocycles. The maximum absolute atomic E-state index is 12.8. The number of hydrogen-bond donors (Lipinski definition) is 3. The van der Waals surface area contributed by atoms with Crippen molar-refractivity contribution in [3.05, 3.63) is 74.4 Å². The molecule has 0 bridgehead atoms. The van der Waals surface area contributed by atoms with Gasteiger partial charge in [-0.3, -0.25) is 9.59 Å². The van der Waals surface area contributed by atoms with Crippen molar-refractivity contribution in [3.8, 4) is 0 Å². The molecule has 0 saturated heterocycles. The maximum atomic E-state index is 12.8. The van der Waals surface area contributed by atoms with Crippen LogP contribution in [0, 0.1) is 5.82 Å². The molecule has 2 amide bonds. The fraction of sp³-hybridized carbons (Fsp3) is 0.111. The van der Waals surface area contributed by atoms with Gasteiger partial charge in [0.1, 0.15) is 11.9 Å². The Morgan fingerprint density at radius 3 is 2.50 bits per heavy atom. The molecule has 0 fully saturated rings. The molecule has 1 aromatic carbocycles. The summed E-state index contributed by atoms with van der Waals surface area (Å²) in [5.74, 6) is -2.04. The van der Waals surface area contributed by atoms with E-state index in [0.29, 0.717) is 5.69 Å². The predicted octanol–water partition coefficient (Wildman–Crippen LogP) is 3.29. The first-order chi connectivity index (χ1) is 12.5. The van der Waals surface area contributed by atoms with E-state index >= 15 is 0 Å². The highest BCUT2D eigenvalue weighted by Gasteiger charge is 2.16. The SMILES string of the molecule is O=C(NCc1ccc(C(O)c2cccs2)s1)C(=O)Nc1ccc(F)cc1. The van der Waals surface area contributed by atoms with E-state index in [9.17, 15) is 19.1 Å². The van der Waals surface area contributed by atoms with E-state index in [1.807, 2.05) is 17.5 Å². The molecule has 3 aromatic rings. The number of hydrogen-bond acceptors (Lipinski definition) is 5. The minimum atomic E-state index is -0.827. The average Bonchev–Trinajstić information content (AvgIpc) is 3.33. The first-order valence-corrected chi connectivity index (χ1v) is 9.37. The Labute approximate surface area is 157 Å². The van der Waals surface area contributed by atoms with Crippen LogP contribution in [0.25, 0.3) is 0 Å². The van der Waals surface area contributed by atoms with Gasteiger partial charge in [0, 0.05) is 20.3 Å². The Morgan fingerprint density at radius 2 is 1.81 bits per heavy atom. The third kappa shape index (κ3) is 4.54. The van der Waals surface area contributed by atoms with Crippen LogP contribution in [0.15, 0.2) is 53.9 Å². The smallest absolute Gasteiger partial charge is 0.313 e. The Kier molecular flexibility index (Phi) is 5.77. The molecule has 0 spiro atoms. The number of benzene rings is 1. The normalized spacial score (nSPS) is 11.8. The van der Waals surface area contributed by atoms with Crippen LogP contribution in [0.3, 0.4) is 0 Å². The zero-order valence-electron chi connectivity index (χ0n) is 13.4. The number of thiophene rings is 2. The predicted molar refractivity (Wildman–Crippen MR) is 99.6 cm³/mol. The second-order valence-corrected chi connectivity index (χ2v) is 7.54. The Hall–Kier alpha value is -2.55. The van der Waals surface area contributed by atoms with E-state index in [4.69, 9.17) is 0 Å². The van der Waals surface area contributed by atoms with E-state index in [0.717, 1.165) is 14.6 Å². The van der Waals surface area contributed by atoms with Crippen molar-refractivity contribution in [2.45, 2.75) is 12.6 Å². The number of carbonyl (C=O) groups is 2. The number of anilines is 1. The lowest BCUT2D eigenvalue weighted by Gasteiger charge is -2.06. The van der Waals surface area contributed by atoms with Gasteiger partial charge in [-0.25, -0.2) is 4.39 Å². The highest BCUT2D eigenvalue weighted by molar-refractivity contribution is 7.12. The molecule has 1 unspecified atom stereocenters. The third-order valence-corrected chi connectivity index (χ3v) is 5.56. The van der Waals surface area contributed by atoms with Crippen LogP contribution in [0.4, 0.5) is 10.1 Å². The van der Waals surface area contributed by atoms with E-state index < -0.39 is 23.7 Å². The van der Waals surface area contributed by atoms with Crippen LogP contribution in [-0.4, -0.2) is 16.9 Å². The Bertz CT molecular complexity index is 892. The zero-order chi connectivity index (χ0) is 18.5. The van der Waals surface area contributed by atoms with Gasteiger partial charge in [0.15, 0.2) is 0 Å². The van der Waals surface area contributed by atoms with Crippen LogP contribution in [0.1, 0.15) is 20.7 Å². The fourth-order valence-electron chi connectivity index (χ4n) is 2.19. The summed E-state index contributed by atoms with van der Waals surface area (Å²) in [5, 5.41) is 17.1. The highest BCUT2D eigenvalue weighted by atomic mass is 32.1. The van der Waals surface area contributed by atoms with Crippen LogP contribution in [-0.2, 0) is 16.1 Å². The summed E-state index contributed by atoms with van der Waals surface area (Å²) in [5.41, 5.74) is 0.337. The van der Waals surface area contributed by atoms with Gasteiger partial charge in [-0.1, -0.05) is 6.07 Å². The summed E-state index contributed by atoms with van der Waals surface area (Å²) < 4.78 is 12.8. The topological polar surface area (TPSA) is 78.4 Å². The third-order valence-electron chi connectivity index (χ3n) is 3.50. The number of halogens is 1. The molecule has 8 heteroatoms. The standard InChI is InChI=1S/C18H15FN2O3S2/c19-11-3-5-12(6-4-11)21-18(24)17(23)20-10-13-7-8-15(26-13)16(22)14-2-1-9-25-14/h1-9,16,22H,10H2,(H,20,23)(H,21,24). The largest absolute Gasteiger partial charge is 0.382 e. The van der Waals surface area contributed by atoms with Crippen LogP contribution in [0.2, 0.25) is 0 Å². The summed E-state index contributed by atoms with van der Waals surface area (Å²) in [6.45, 7) is 0.178. The summed E-state index contributed by atoms with van der Waals surface area (Å²) in [6.07, 6.45) is -0.689. The van der Waals surface area contributed by atoms with Crippen molar-refractivity contribution >= 4 is 40.2 Å². The summed E-state index contributed by atoms with van der Waals surface area (Å²) in [4.78, 5) is 26.1. The lowest BCUT2D eigenvalue weighted by Crippen LogP contribution is -2.34. The lowest BCUT2D eigenvalue weighted by molar-refractivity contribution is -0.136. The quantitative estimate of drug-likeness (QED) is 0.585. The van der Waals surface area contributed by atoms with Gasteiger partial charge in [0.25, 0.3) is 0 Å². The van der Waals surface area contributed by atoms with Crippen LogP contribution >= 0.6 is 22.7 Å². The maximum Gasteiger partial charge on any atom is 0.313 e. The van der Waals surface area contributed by atoms with Crippen LogP contribution in [0.5, 0.6) is 0 Å². The van der Waals surface area contributed by atoms with Crippen molar-refractivity contribution in [1.29, 1.82) is 0 Å². The van der Waals surface area contributed by atoms with Gasteiger partial charge in [0.2, 0.25) is 0 Å². The van der Waals surface area contributed by atoms with Crippen molar-refractivity contribution < 1.29 is 19.1 Å². The zero-order valence-corrected chi connectivity index (χ0v) is 15.1. The van der Waals surface area contributed by atoms with E-state index in [-0.39, 0.29) is 6.54 Å². The molecule has 5 nitrogen and oxygen atoms in total. The van der Waals surface area contributed by atoms with Crippen molar-refractivity contribution in [2.75, 3.05) is 5.32 Å². The van der Waals surface area contributed by atoms with E-state index in [1.165, 1.54) is 46.9 Å². The minimum Gasteiger partial charge on any atom is -0.382 e. The number of carbonyl (C=O) groups excluding carboxylic acids is 2. The average molecular weight is 390 g/mol. The molecule has 2 aromatic heterocycles. The van der Waals surface area contributed by atoms with Gasteiger partial charge in [-0.2, -0.15) is 0 Å². The molecule has 134 valence electrons. The molecule has 2 heterocycles. The molecule has 3 rings (SSSR count). The molecule has 0 saturated carbocycles. The first-order valence-electron chi connectivity index (χ1n) is 7.68. The first kappa shape index (κ1) is 18.2. The number of nitrogens with one attached hydrogen (secondary N) is 2. The molecule has 3 N–H and O–H groups in total. The van der Waals surface area contributed by atoms with Crippen LogP contribution < -0.4 is 10.6 Å². The summed E-state index contributed by atoms with van der Waals surface area (Å²) in [7, 11) is 0. The monoisotopic (exact) mass is 390 g/mol. The second-order valence-electron chi connectivity index (χ2n) is 5.37. The van der Waals surface area contributed by atoms with Crippen molar-refractivity contribution in [3.63, 3.8) is 0 Å². The van der Waals surface area contributed by atoms with E-state index in [2.05, 4.69) is 10.6 Å². The number of aliphatic hydroxyl groups excluding tert-OH is 1. The molecule has 0 aliphatic carbocycles. The molecular formula is C18H15FN2O3S2. The van der Waals surface area contributed by atoms with Gasteiger partial charge >= 0.3 is 11.8 Å². The van der Waals surface area contributed by atoms with Gasteiger partial charge < -0.3 is 15.7 Å². The second kappa shape index (κ2) is 8.22. The lowest BCUT2D eigenvalue weighted by atomic mass is 10.2. The number of amides is 2. The minimum absolute atomic E-state index is 0.178. The molecule has 0 radical (unpaired) electrons. The summed E-state index contributed by atoms with van der Waals surface area (Å²) >= 11 is 2.84. The van der Waals surface area contributed by atoms with E-state index in [1.54, 1.807) is 12.1 Å². The number of rotatable bonds is 5. The fourth-order valence-corrected chi connectivity index (χ4v) is 3.95.